The second-order valence-corrected chi connectivity index (χ2v) is 7.23. The summed E-state index contributed by atoms with van der Waals surface area (Å²) in [6.07, 6.45) is 0. The van der Waals surface area contributed by atoms with E-state index >= 15 is 0 Å². The number of nitrogens with one attached hydrogen (secondary N) is 1. The van der Waals surface area contributed by atoms with Crippen molar-refractivity contribution in [3.05, 3.63) is 65.9 Å². The lowest BCUT2D eigenvalue weighted by Gasteiger charge is -2.11. The number of fused-ring (bicyclic) bond motifs is 1. The molecule has 6 nitrogen and oxygen atoms in total. The van der Waals surface area contributed by atoms with E-state index in [1.54, 1.807) is 18.2 Å². The van der Waals surface area contributed by atoms with E-state index in [0.717, 1.165) is 10.2 Å². The molecule has 0 bridgehead atoms. The Bertz CT molecular complexity index is 1160. The number of furan rings is 1. The van der Waals surface area contributed by atoms with E-state index in [2.05, 4.69) is 15.0 Å². The number of carbonyl (C=O) groups excluding carboxylic acids is 1. The summed E-state index contributed by atoms with van der Waals surface area (Å²) >= 11 is 1.47. The molecule has 0 spiro atoms. The van der Waals surface area contributed by atoms with Gasteiger partial charge in [0.05, 0.1) is 17.3 Å². The van der Waals surface area contributed by atoms with E-state index in [4.69, 9.17) is 9.15 Å². The first kappa shape index (κ1) is 19.8. The molecule has 0 radical (unpaired) electrons. The number of methoxy groups -OCH3 is 1. The van der Waals surface area contributed by atoms with Crippen LogP contribution in [0.2, 0.25) is 0 Å². The summed E-state index contributed by atoms with van der Waals surface area (Å²) in [4.78, 5) is 16.9. The maximum absolute atomic E-state index is 12.6. The van der Waals surface area contributed by atoms with E-state index < -0.39 is 12.5 Å². The average molecular weight is 430 g/mol. The SMILES string of the molecule is COc1ccc(CNC(=O)c2ccc(-c3nc4ccccc4s3)o2)cc1OC(F)F. The second kappa shape index (κ2) is 8.50. The molecule has 0 saturated carbocycles. The number of benzene rings is 2. The molecule has 1 amide bonds. The monoisotopic (exact) mass is 430 g/mol. The van der Waals surface area contributed by atoms with E-state index in [1.807, 2.05) is 24.3 Å². The van der Waals surface area contributed by atoms with Gasteiger partial charge in [-0.1, -0.05) is 18.2 Å². The van der Waals surface area contributed by atoms with Gasteiger partial charge < -0.3 is 19.2 Å². The molecule has 2 aromatic carbocycles. The number of para-hydroxylation sites is 1. The van der Waals surface area contributed by atoms with Crippen LogP contribution in [-0.2, 0) is 6.54 Å². The fourth-order valence-corrected chi connectivity index (χ4v) is 3.77. The molecule has 0 atom stereocenters. The minimum absolute atomic E-state index is 0.0968. The topological polar surface area (TPSA) is 73.6 Å². The number of hydrogen-bond donors (Lipinski definition) is 1. The highest BCUT2D eigenvalue weighted by molar-refractivity contribution is 7.21. The van der Waals surface area contributed by atoms with Crippen LogP contribution < -0.4 is 14.8 Å². The van der Waals surface area contributed by atoms with Crippen LogP contribution in [0, 0.1) is 0 Å². The number of thiazole rings is 1. The number of hydrogen-bond acceptors (Lipinski definition) is 6. The highest BCUT2D eigenvalue weighted by atomic mass is 32.1. The lowest BCUT2D eigenvalue weighted by Crippen LogP contribution is -2.22. The standard InChI is InChI=1S/C21H16F2N2O4S/c1-27-14-7-6-12(10-17(14)29-21(22)23)11-24-19(26)15-8-9-16(28-15)20-25-13-4-2-3-5-18(13)30-20/h2-10,21H,11H2,1H3,(H,24,26). The highest BCUT2D eigenvalue weighted by Gasteiger charge is 2.16. The van der Waals surface area contributed by atoms with E-state index in [-0.39, 0.29) is 23.8 Å². The molecule has 0 aliphatic rings. The second-order valence-electron chi connectivity index (χ2n) is 6.20. The van der Waals surface area contributed by atoms with Crippen LogP contribution in [0.3, 0.4) is 0 Å². The van der Waals surface area contributed by atoms with Crippen LogP contribution in [-0.4, -0.2) is 24.6 Å². The van der Waals surface area contributed by atoms with Crippen LogP contribution in [0.25, 0.3) is 21.0 Å². The molecule has 0 saturated heterocycles. The van der Waals surface area contributed by atoms with Gasteiger partial charge in [-0.3, -0.25) is 4.79 Å². The third-order valence-corrected chi connectivity index (χ3v) is 5.28. The van der Waals surface area contributed by atoms with Crippen LogP contribution in [0.4, 0.5) is 8.78 Å². The van der Waals surface area contributed by atoms with Crippen molar-refractivity contribution in [3.63, 3.8) is 0 Å². The van der Waals surface area contributed by atoms with Crippen LogP contribution in [0.5, 0.6) is 11.5 Å². The van der Waals surface area contributed by atoms with Gasteiger partial charge in [-0.15, -0.1) is 11.3 Å². The first-order valence-electron chi connectivity index (χ1n) is 8.89. The lowest BCUT2D eigenvalue weighted by atomic mass is 10.2. The van der Waals surface area contributed by atoms with Crippen LogP contribution in [0.15, 0.2) is 59.0 Å². The quantitative estimate of drug-likeness (QED) is 0.442. The third-order valence-electron chi connectivity index (χ3n) is 4.23. The first-order chi connectivity index (χ1) is 14.5. The van der Waals surface area contributed by atoms with E-state index in [1.165, 1.54) is 30.6 Å². The Morgan fingerprint density at radius 3 is 2.77 bits per heavy atom. The van der Waals surface area contributed by atoms with Crippen molar-refractivity contribution in [3.8, 4) is 22.3 Å². The van der Waals surface area contributed by atoms with Crippen molar-refractivity contribution in [2.24, 2.45) is 0 Å². The van der Waals surface area contributed by atoms with Gasteiger partial charge in [0.25, 0.3) is 5.91 Å². The van der Waals surface area contributed by atoms with Crippen molar-refractivity contribution < 1.29 is 27.5 Å². The van der Waals surface area contributed by atoms with Gasteiger partial charge in [-0.2, -0.15) is 8.78 Å². The zero-order chi connectivity index (χ0) is 21.1. The minimum atomic E-state index is -2.98. The average Bonchev–Trinajstić information content (AvgIpc) is 3.38. The number of carbonyl (C=O) groups is 1. The molecule has 0 fully saturated rings. The molecule has 1 N–H and O–H groups in total. The summed E-state index contributed by atoms with van der Waals surface area (Å²) in [5, 5.41) is 3.37. The highest BCUT2D eigenvalue weighted by Crippen LogP contribution is 2.31. The van der Waals surface area contributed by atoms with E-state index in [0.29, 0.717) is 16.3 Å². The molecule has 154 valence electrons. The number of rotatable bonds is 7. The Labute approximate surface area is 174 Å². The third kappa shape index (κ3) is 4.25. The largest absolute Gasteiger partial charge is 0.493 e. The van der Waals surface area contributed by atoms with Crippen molar-refractivity contribution in [1.82, 2.24) is 10.3 Å². The predicted molar refractivity (Wildman–Crippen MR) is 108 cm³/mol. The summed E-state index contributed by atoms with van der Waals surface area (Å²) in [6.45, 7) is -2.88. The molecule has 0 aliphatic carbocycles. The Kier molecular flexibility index (Phi) is 5.62. The van der Waals surface area contributed by atoms with Gasteiger partial charge in [0.2, 0.25) is 0 Å². The van der Waals surface area contributed by atoms with Crippen LogP contribution >= 0.6 is 11.3 Å². The van der Waals surface area contributed by atoms with Gasteiger partial charge in [-0.05, 0) is 42.0 Å². The van der Waals surface area contributed by atoms with Crippen molar-refractivity contribution >= 4 is 27.5 Å². The molecule has 2 aromatic heterocycles. The zero-order valence-electron chi connectivity index (χ0n) is 15.7. The Morgan fingerprint density at radius 2 is 2.00 bits per heavy atom. The van der Waals surface area contributed by atoms with Crippen molar-refractivity contribution in [2.45, 2.75) is 13.2 Å². The van der Waals surface area contributed by atoms with Gasteiger partial charge in [0.1, 0.15) is 0 Å². The summed E-state index contributed by atoms with van der Waals surface area (Å²) in [5.74, 6) is 0.266. The molecular formula is C21H16F2N2O4S. The molecule has 2 heterocycles. The Balaban J connectivity index is 1.45. The fourth-order valence-electron chi connectivity index (χ4n) is 2.84. The smallest absolute Gasteiger partial charge is 0.387 e. The Hall–Kier alpha value is -3.46. The summed E-state index contributed by atoms with van der Waals surface area (Å²) in [5.41, 5.74) is 1.43. The molecule has 0 aliphatic heterocycles. The number of amides is 1. The molecular weight excluding hydrogens is 414 g/mol. The number of ether oxygens (including phenoxy) is 2. The molecule has 9 heteroatoms. The van der Waals surface area contributed by atoms with Gasteiger partial charge in [0.15, 0.2) is 28.0 Å². The van der Waals surface area contributed by atoms with Gasteiger partial charge >= 0.3 is 6.61 Å². The van der Waals surface area contributed by atoms with E-state index in [9.17, 15) is 13.6 Å². The zero-order valence-corrected chi connectivity index (χ0v) is 16.5. The maximum Gasteiger partial charge on any atom is 0.387 e. The molecule has 30 heavy (non-hydrogen) atoms. The number of halogens is 2. The minimum Gasteiger partial charge on any atom is -0.493 e. The number of nitrogens with zero attached hydrogens (tertiary/aromatic N) is 1. The lowest BCUT2D eigenvalue weighted by molar-refractivity contribution is -0.0512. The molecule has 4 aromatic rings. The first-order valence-corrected chi connectivity index (χ1v) is 9.71. The normalized spacial score (nSPS) is 11.1. The summed E-state index contributed by atoms with van der Waals surface area (Å²) in [6, 6.07) is 15.5. The molecule has 4 rings (SSSR count). The van der Waals surface area contributed by atoms with Crippen LogP contribution in [0.1, 0.15) is 16.1 Å². The van der Waals surface area contributed by atoms with Crippen molar-refractivity contribution in [1.29, 1.82) is 0 Å². The van der Waals surface area contributed by atoms with Gasteiger partial charge in [0, 0.05) is 6.54 Å². The van der Waals surface area contributed by atoms with Gasteiger partial charge in [-0.25, -0.2) is 4.98 Å². The Morgan fingerprint density at radius 1 is 1.17 bits per heavy atom. The van der Waals surface area contributed by atoms with Crippen molar-refractivity contribution in [2.75, 3.05) is 7.11 Å². The summed E-state index contributed by atoms with van der Waals surface area (Å²) in [7, 11) is 1.36. The number of aromatic nitrogens is 1. The summed E-state index contributed by atoms with van der Waals surface area (Å²) < 4.78 is 41.2. The fraction of sp³-hybridized carbons (Fsp3) is 0.143. The number of alkyl halides is 2. The maximum atomic E-state index is 12.6. The predicted octanol–water partition coefficient (Wildman–Crippen LogP) is 5.10. The molecule has 0 unspecified atom stereocenters.